The number of fused-ring (bicyclic) bond motifs is 1. The van der Waals surface area contributed by atoms with Gasteiger partial charge in [-0.15, -0.1) is 16.2 Å². The summed E-state index contributed by atoms with van der Waals surface area (Å²) in [5.41, 5.74) is 13.4. The molecule has 172 valence electrons. The van der Waals surface area contributed by atoms with Crippen molar-refractivity contribution in [2.24, 2.45) is 10.9 Å². The topological polar surface area (TPSA) is 153 Å². The highest BCUT2D eigenvalue weighted by Crippen LogP contribution is 2.36. The lowest BCUT2D eigenvalue weighted by Crippen LogP contribution is -2.45. The first kappa shape index (κ1) is 23.6. The van der Waals surface area contributed by atoms with Crippen molar-refractivity contribution in [2.45, 2.75) is 12.5 Å². The molecule has 4 aromatic rings. The van der Waals surface area contributed by atoms with E-state index in [-0.39, 0.29) is 22.9 Å². The standard InChI is InChI=1S/C22H16Cl2N6O3S/c23-11-3-6-13(15(24)8-11)18-14-9-17(34-21(14)29-22(26)28-18)20(32)27-16(19(25)31)7-10-1-4-12(30-33)5-2-10/h1-6,8-9,16H,7H2,(H2,25,31)(H,27,32)(H2,26,28,29). The molecule has 5 N–H and O–H groups in total. The van der Waals surface area contributed by atoms with Crippen molar-refractivity contribution in [3.05, 3.63) is 73.9 Å². The van der Waals surface area contributed by atoms with E-state index in [0.29, 0.717) is 37.1 Å². The number of anilines is 1. The third-order valence-corrected chi connectivity index (χ3v) is 6.53. The second-order valence-corrected chi connectivity index (χ2v) is 9.15. The maximum Gasteiger partial charge on any atom is 0.262 e. The van der Waals surface area contributed by atoms with Crippen LogP contribution in [-0.4, -0.2) is 27.8 Å². The van der Waals surface area contributed by atoms with Crippen molar-refractivity contribution in [3.63, 3.8) is 0 Å². The van der Waals surface area contributed by atoms with Crippen molar-refractivity contribution in [3.8, 4) is 11.3 Å². The largest absolute Gasteiger partial charge is 0.368 e. The summed E-state index contributed by atoms with van der Waals surface area (Å²) >= 11 is 13.4. The van der Waals surface area contributed by atoms with Crippen LogP contribution in [0.4, 0.5) is 11.6 Å². The SMILES string of the molecule is NC(=O)C(Cc1ccc(N=O)cc1)NC(=O)c1cc2c(-c3ccc(Cl)cc3Cl)nc(N)nc2s1. The number of carbonyl (C=O) groups is 2. The van der Waals surface area contributed by atoms with Crippen molar-refractivity contribution in [1.82, 2.24) is 15.3 Å². The predicted octanol–water partition coefficient (Wildman–Crippen LogP) is 4.47. The van der Waals surface area contributed by atoms with Gasteiger partial charge in [-0.05, 0) is 47.1 Å². The highest BCUT2D eigenvalue weighted by molar-refractivity contribution is 7.20. The fourth-order valence-electron chi connectivity index (χ4n) is 3.32. The van der Waals surface area contributed by atoms with Gasteiger partial charge in [-0.25, -0.2) is 9.97 Å². The van der Waals surface area contributed by atoms with Crippen LogP contribution in [0.25, 0.3) is 21.5 Å². The van der Waals surface area contributed by atoms with Crippen LogP contribution in [-0.2, 0) is 11.2 Å². The van der Waals surface area contributed by atoms with Crippen LogP contribution in [0.5, 0.6) is 0 Å². The second-order valence-electron chi connectivity index (χ2n) is 7.27. The molecule has 34 heavy (non-hydrogen) atoms. The molecule has 0 bridgehead atoms. The van der Waals surface area contributed by atoms with Gasteiger partial charge in [-0.1, -0.05) is 35.3 Å². The minimum atomic E-state index is -0.978. The maximum atomic E-state index is 13.0. The number of halogens is 2. The number of nitrogen functional groups attached to an aromatic ring is 1. The van der Waals surface area contributed by atoms with Crippen LogP contribution in [0.3, 0.4) is 0 Å². The Hall–Kier alpha value is -3.60. The lowest BCUT2D eigenvalue weighted by atomic mass is 10.0. The van der Waals surface area contributed by atoms with Crippen LogP contribution in [0.1, 0.15) is 15.2 Å². The molecule has 2 aromatic carbocycles. The molecule has 9 nitrogen and oxygen atoms in total. The molecule has 1 atom stereocenters. The third-order valence-electron chi connectivity index (χ3n) is 4.95. The van der Waals surface area contributed by atoms with E-state index in [4.69, 9.17) is 34.7 Å². The number of nitroso groups, excluding NO2 is 1. The molecular weight excluding hydrogens is 499 g/mol. The quantitative estimate of drug-likeness (QED) is 0.309. The van der Waals surface area contributed by atoms with Gasteiger partial charge in [0.1, 0.15) is 16.6 Å². The Labute approximate surface area is 207 Å². The van der Waals surface area contributed by atoms with Gasteiger partial charge in [0.25, 0.3) is 5.91 Å². The first-order valence-corrected chi connectivity index (χ1v) is 11.4. The monoisotopic (exact) mass is 514 g/mol. The maximum absolute atomic E-state index is 13.0. The van der Waals surface area contributed by atoms with Crippen LogP contribution >= 0.6 is 34.5 Å². The predicted molar refractivity (Wildman–Crippen MR) is 133 cm³/mol. The number of carbonyl (C=O) groups excluding carboxylic acids is 2. The zero-order chi connectivity index (χ0) is 24.4. The summed E-state index contributed by atoms with van der Waals surface area (Å²) in [6, 6.07) is 11.9. The number of benzene rings is 2. The Morgan fingerprint density at radius 2 is 1.82 bits per heavy atom. The van der Waals surface area contributed by atoms with E-state index in [2.05, 4.69) is 20.5 Å². The first-order chi connectivity index (χ1) is 16.2. The zero-order valence-electron chi connectivity index (χ0n) is 17.3. The van der Waals surface area contributed by atoms with Crippen LogP contribution < -0.4 is 16.8 Å². The number of thiophene rings is 1. The average Bonchev–Trinajstić information content (AvgIpc) is 3.23. The number of nitrogens with zero attached hydrogens (tertiary/aromatic N) is 3. The molecular formula is C22H16Cl2N6O3S. The minimum Gasteiger partial charge on any atom is -0.368 e. The summed E-state index contributed by atoms with van der Waals surface area (Å²) in [5.74, 6) is -1.19. The molecule has 2 heterocycles. The molecule has 0 spiro atoms. The summed E-state index contributed by atoms with van der Waals surface area (Å²) in [4.78, 5) is 44.8. The van der Waals surface area contributed by atoms with Gasteiger partial charge in [-0.2, -0.15) is 0 Å². The second kappa shape index (κ2) is 9.72. The van der Waals surface area contributed by atoms with E-state index < -0.39 is 17.9 Å². The van der Waals surface area contributed by atoms with Crippen molar-refractivity contribution < 1.29 is 9.59 Å². The summed E-state index contributed by atoms with van der Waals surface area (Å²) in [6.07, 6.45) is 0.142. The Morgan fingerprint density at radius 1 is 1.09 bits per heavy atom. The normalized spacial score (nSPS) is 11.8. The van der Waals surface area contributed by atoms with Gasteiger partial charge >= 0.3 is 0 Å². The van der Waals surface area contributed by atoms with Gasteiger partial charge in [0, 0.05) is 22.4 Å². The van der Waals surface area contributed by atoms with Gasteiger partial charge in [0.05, 0.1) is 15.6 Å². The molecule has 0 aliphatic rings. The summed E-state index contributed by atoms with van der Waals surface area (Å²) in [5, 5.41) is 6.89. The Morgan fingerprint density at radius 3 is 2.47 bits per heavy atom. The smallest absolute Gasteiger partial charge is 0.262 e. The van der Waals surface area contributed by atoms with E-state index in [0.717, 1.165) is 11.3 Å². The van der Waals surface area contributed by atoms with Crippen LogP contribution in [0, 0.1) is 4.91 Å². The van der Waals surface area contributed by atoms with Gasteiger partial charge < -0.3 is 16.8 Å². The zero-order valence-corrected chi connectivity index (χ0v) is 19.6. The molecule has 12 heteroatoms. The van der Waals surface area contributed by atoms with Crippen molar-refractivity contribution in [1.29, 1.82) is 0 Å². The fraction of sp³-hybridized carbons (Fsp3) is 0.0909. The Bertz CT molecular complexity index is 1420. The number of nitrogens with two attached hydrogens (primary N) is 2. The highest BCUT2D eigenvalue weighted by Gasteiger charge is 2.23. The summed E-state index contributed by atoms with van der Waals surface area (Å²) in [7, 11) is 0. The van der Waals surface area contributed by atoms with E-state index in [9.17, 15) is 14.5 Å². The van der Waals surface area contributed by atoms with Gasteiger partial charge in [-0.3, -0.25) is 9.59 Å². The van der Waals surface area contributed by atoms with Crippen molar-refractivity contribution in [2.75, 3.05) is 5.73 Å². The fourth-order valence-corrected chi connectivity index (χ4v) is 4.76. The molecule has 0 fully saturated rings. The summed E-state index contributed by atoms with van der Waals surface area (Å²) < 4.78 is 0. The average molecular weight is 515 g/mol. The number of rotatable bonds is 7. The van der Waals surface area contributed by atoms with Gasteiger partial charge in [0.15, 0.2) is 0 Å². The lowest BCUT2D eigenvalue weighted by Gasteiger charge is -2.15. The van der Waals surface area contributed by atoms with E-state index >= 15 is 0 Å². The minimum absolute atomic E-state index is 0.0191. The molecule has 0 aliphatic heterocycles. The lowest BCUT2D eigenvalue weighted by molar-refractivity contribution is -0.119. The number of hydrogen-bond acceptors (Lipinski definition) is 8. The molecule has 1 unspecified atom stereocenters. The van der Waals surface area contributed by atoms with Crippen LogP contribution in [0.2, 0.25) is 10.0 Å². The molecule has 0 saturated carbocycles. The molecule has 0 radical (unpaired) electrons. The van der Waals surface area contributed by atoms with E-state index in [1.165, 1.54) is 12.1 Å². The van der Waals surface area contributed by atoms with Crippen molar-refractivity contribution >= 4 is 68.2 Å². The first-order valence-electron chi connectivity index (χ1n) is 9.80. The third kappa shape index (κ3) is 4.98. The highest BCUT2D eigenvalue weighted by atomic mass is 35.5. The number of aromatic nitrogens is 2. The van der Waals surface area contributed by atoms with E-state index in [1.54, 1.807) is 36.4 Å². The molecule has 0 saturated heterocycles. The van der Waals surface area contributed by atoms with E-state index in [1.807, 2.05) is 0 Å². The number of amides is 2. The Balaban J connectivity index is 1.64. The Kier molecular flexibility index (Phi) is 6.73. The molecule has 2 amide bonds. The number of nitrogens with one attached hydrogen (secondary N) is 1. The van der Waals surface area contributed by atoms with Gasteiger partial charge in [0.2, 0.25) is 11.9 Å². The number of primary amides is 1. The van der Waals surface area contributed by atoms with Crippen LogP contribution in [0.15, 0.2) is 53.7 Å². The number of hydrogen-bond donors (Lipinski definition) is 3. The molecule has 2 aromatic heterocycles. The molecule has 0 aliphatic carbocycles. The summed E-state index contributed by atoms with van der Waals surface area (Å²) in [6.45, 7) is 0. The molecule has 4 rings (SSSR count).